The molecular weight excluding hydrogens is 596 g/mol. The van der Waals surface area contributed by atoms with Crippen molar-refractivity contribution in [2.24, 2.45) is 5.16 Å². The van der Waals surface area contributed by atoms with Gasteiger partial charge in [0.05, 0.1) is 5.56 Å². The number of ketones is 1. The van der Waals surface area contributed by atoms with Gasteiger partial charge in [0.15, 0.2) is 24.4 Å². The average Bonchev–Trinajstić information content (AvgIpc) is 2.70. The summed E-state index contributed by atoms with van der Waals surface area (Å²) in [5.74, 6) is -0.0248. The number of halogens is 2. The molecule has 0 aliphatic rings. The number of carbonyl (C=O) groups is 1. The monoisotopic (exact) mass is 617 g/mol. The Kier molecular flexibility index (Phi) is 10.9. The molecule has 29 heavy (non-hydrogen) atoms. The van der Waals surface area contributed by atoms with Crippen LogP contribution in [0.2, 0.25) is 0 Å². The molecule has 0 spiro atoms. The number of pyridine rings is 2. The van der Waals surface area contributed by atoms with E-state index in [1.807, 2.05) is 77.0 Å². The first-order valence-corrected chi connectivity index (χ1v) is 8.51. The fourth-order valence-electron chi connectivity index (χ4n) is 2.64. The molecular formula is C21H21I2N3O3. The van der Waals surface area contributed by atoms with Crippen molar-refractivity contribution in [3.63, 3.8) is 0 Å². The predicted octanol–water partition coefficient (Wildman–Crippen LogP) is -3.75. The van der Waals surface area contributed by atoms with E-state index in [2.05, 4.69) is 5.16 Å². The molecule has 1 aromatic carbocycles. The van der Waals surface area contributed by atoms with Gasteiger partial charge in [0, 0.05) is 23.8 Å². The van der Waals surface area contributed by atoms with E-state index in [0.717, 1.165) is 5.56 Å². The number of hydrogen-bond acceptors (Lipinski definition) is 4. The molecule has 1 N–H and O–H groups in total. The smallest absolute Gasteiger partial charge is 0.258 e. The highest BCUT2D eigenvalue weighted by Crippen LogP contribution is 2.09. The predicted molar refractivity (Wildman–Crippen MR) is 98.4 cm³/mol. The van der Waals surface area contributed by atoms with E-state index < -0.39 is 0 Å². The second-order valence-electron chi connectivity index (χ2n) is 6.10. The summed E-state index contributed by atoms with van der Waals surface area (Å²) in [4.78, 5) is 12.6. The Labute approximate surface area is 203 Å². The van der Waals surface area contributed by atoms with Crippen LogP contribution in [0.15, 0.2) is 78.3 Å². The van der Waals surface area contributed by atoms with Gasteiger partial charge in [-0.05, 0) is 19.1 Å². The molecule has 0 atom stereocenters. The topological polar surface area (TPSA) is 66.7 Å². The van der Waals surface area contributed by atoms with Gasteiger partial charge in [-0.3, -0.25) is 9.53 Å². The molecule has 3 aromatic rings. The van der Waals surface area contributed by atoms with E-state index >= 15 is 0 Å². The molecule has 0 unspecified atom stereocenters. The van der Waals surface area contributed by atoms with Crippen LogP contribution in [0, 0.1) is 6.92 Å². The van der Waals surface area contributed by atoms with Crippen molar-refractivity contribution in [1.29, 1.82) is 0 Å². The van der Waals surface area contributed by atoms with Gasteiger partial charge in [-0.25, -0.2) is 0 Å². The van der Waals surface area contributed by atoms with E-state index in [9.17, 15) is 4.79 Å². The third-order valence-electron chi connectivity index (χ3n) is 4.07. The molecule has 152 valence electrons. The number of nitrogens with zero attached hydrogens (tertiary/aromatic N) is 3. The molecule has 0 radical (unpaired) electrons. The van der Waals surface area contributed by atoms with Crippen LogP contribution in [0.3, 0.4) is 0 Å². The van der Waals surface area contributed by atoms with Gasteiger partial charge < -0.3 is 53.2 Å². The summed E-state index contributed by atoms with van der Waals surface area (Å²) in [6.07, 6.45) is 6.79. The molecule has 2 heterocycles. The number of benzene rings is 1. The maximum absolute atomic E-state index is 12.6. The van der Waals surface area contributed by atoms with Gasteiger partial charge in [0.25, 0.3) is 13.5 Å². The zero-order chi connectivity index (χ0) is 19.1. The summed E-state index contributed by atoms with van der Waals surface area (Å²) < 4.78 is 9.34. The van der Waals surface area contributed by atoms with Crippen LogP contribution < -0.4 is 57.1 Å². The van der Waals surface area contributed by atoms with Crippen LogP contribution in [-0.2, 0) is 18.2 Å². The normalized spacial score (nSPS) is 10.2. The molecule has 6 nitrogen and oxygen atoms in total. The average molecular weight is 617 g/mol. The largest absolute Gasteiger partial charge is 1.00 e. The summed E-state index contributed by atoms with van der Waals surface area (Å²) in [6, 6.07) is 16.7. The lowest BCUT2D eigenvalue weighted by atomic mass is 10.0. The quantitative estimate of drug-likeness (QED) is 0.0741. The molecule has 0 amide bonds. The number of ether oxygens (including phenoxy) is 1. The maximum Gasteiger partial charge on any atom is 0.258 e. The van der Waals surface area contributed by atoms with Crippen molar-refractivity contribution >= 4 is 12.0 Å². The fraction of sp³-hybridized carbons (Fsp3) is 0.143. The van der Waals surface area contributed by atoms with Gasteiger partial charge in [0.2, 0.25) is 5.69 Å². The van der Waals surface area contributed by atoms with Crippen molar-refractivity contribution in [2.45, 2.75) is 20.4 Å². The highest BCUT2D eigenvalue weighted by molar-refractivity contribution is 6.08. The SMILES string of the molecule is Cc1ccc(C(=O)c2ccc[n+](COC[n+]3ccccc3C=NO)c2)cc1.[I-].[I-]. The van der Waals surface area contributed by atoms with Crippen LogP contribution in [0.4, 0.5) is 0 Å². The van der Waals surface area contributed by atoms with Crippen LogP contribution in [0.5, 0.6) is 0 Å². The van der Waals surface area contributed by atoms with Crippen molar-refractivity contribution in [3.8, 4) is 0 Å². The van der Waals surface area contributed by atoms with Gasteiger partial charge in [-0.15, -0.1) is 0 Å². The van der Waals surface area contributed by atoms with Crippen LogP contribution >= 0.6 is 0 Å². The fourth-order valence-corrected chi connectivity index (χ4v) is 2.64. The van der Waals surface area contributed by atoms with Gasteiger partial charge >= 0.3 is 0 Å². The highest BCUT2D eigenvalue weighted by atomic mass is 127. The Balaban J connectivity index is 0.00000210. The Hall–Kier alpha value is -1.92. The molecule has 0 aliphatic carbocycles. The first-order valence-electron chi connectivity index (χ1n) is 8.51. The van der Waals surface area contributed by atoms with E-state index in [1.165, 1.54) is 6.21 Å². The maximum atomic E-state index is 12.6. The minimum absolute atomic E-state index is 0. The van der Waals surface area contributed by atoms with Crippen LogP contribution in [0.25, 0.3) is 0 Å². The molecule has 0 aliphatic heterocycles. The van der Waals surface area contributed by atoms with E-state index in [-0.39, 0.29) is 67.2 Å². The van der Waals surface area contributed by atoms with Crippen molar-refractivity contribution in [3.05, 3.63) is 95.6 Å². The van der Waals surface area contributed by atoms with Crippen LogP contribution in [0.1, 0.15) is 27.2 Å². The summed E-state index contributed by atoms with van der Waals surface area (Å²) in [5.41, 5.74) is 3.10. The van der Waals surface area contributed by atoms with E-state index in [0.29, 0.717) is 16.8 Å². The second kappa shape index (κ2) is 12.6. The lowest BCUT2D eigenvalue weighted by Gasteiger charge is -2.03. The molecule has 8 heteroatoms. The zero-order valence-electron chi connectivity index (χ0n) is 15.8. The number of aromatic nitrogens is 2. The number of oxime groups is 1. The second-order valence-corrected chi connectivity index (χ2v) is 6.10. The Morgan fingerprint density at radius 2 is 1.76 bits per heavy atom. The minimum atomic E-state index is -0.0248. The van der Waals surface area contributed by atoms with E-state index in [1.54, 1.807) is 12.3 Å². The molecule has 0 fully saturated rings. The lowest BCUT2D eigenvalue weighted by Crippen LogP contribution is -3.00. The third kappa shape index (κ3) is 7.12. The molecule has 0 saturated carbocycles. The van der Waals surface area contributed by atoms with Gasteiger partial charge in [-0.2, -0.15) is 9.13 Å². The van der Waals surface area contributed by atoms with Crippen molar-refractivity contribution < 1.29 is 71.8 Å². The zero-order valence-corrected chi connectivity index (χ0v) is 20.1. The number of rotatable bonds is 7. The lowest BCUT2D eigenvalue weighted by molar-refractivity contribution is -0.788. The number of hydrogen-bond donors (Lipinski definition) is 1. The van der Waals surface area contributed by atoms with Crippen molar-refractivity contribution in [2.75, 3.05) is 0 Å². The Morgan fingerprint density at radius 3 is 2.48 bits per heavy atom. The summed E-state index contributed by atoms with van der Waals surface area (Å²) >= 11 is 0. The Bertz CT molecular complexity index is 963. The molecule has 0 bridgehead atoms. The molecule has 2 aromatic heterocycles. The van der Waals surface area contributed by atoms with E-state index in [4.69, 9.17) is 9.94 Å². The van der Waals surface area contributed by atoms with Crippen molar-refractivity contribution in [1.82, 2.24) is 0 Å². The van der Waals surface area contributed by atoms with Gasteiger partial charge in [0.1, 0.15) is 6.21 Å². The first kappa shape index (κ1) is 25.1. The number of carbonyl (C=O) groups excluding carboxylic acids is 1. The summed E-state index contributed by atoms with van der Waals surface area (Å²) in [6.45, 7) is 2.56. The minimum Gasteiger partial charge on any atom is -1.00 e. The first-order chi connectivity index (χ1) is 13.2. The van der Waals surface area contributed by atoms with Crippen LogP contribution in [-0.4, -0.2) is 17.2 Å². The van der Waals surface area contributed by atoms with Gasteiger partial charge in [-0.1, -0.05) is 35.0 Å². The molecule has 3 rings (SSSR count). The summed E-state index contributed by atoms with van der Waals surface area (Å²) in [7, 11) is 0. The third-order valence-corrected chi connectivity index (χ3v) is 4.07. The number of aryl methyl sites for hydroxylation is 1. The standard InChI is InChI=1S/C21H20N3O3.2HI/c1-17-7-9-18(10-8-17)21(25)19-5-4-11-23(14-19)15-27-16-24-12-3-2-6-20(24)13-22-26;;/h2-14H,15-16H2,1H3;2*1H/q+1;;/p-1. The molecule has 0 saturated heterocycles. The summed E-state index contributed by atoms with van der Waals surface area (Å²) in [5, 5.41) is 11.8. The Morgan fingerprint density at radius 1 is 1.00 bits per heavy atom. The highest BCUT2D eigenvalue weighted by Gasteiger charge is 2.14.